The third-order valence-electron chi connectivity index (χ3n) is 8.03. The van der Waals surface area contributed by atoms with Crippen molar-refractivity contribution in [1.82, 2.24) is 10.6 Å². The quantitative estimate of drug-likeness (QED) is 0.283. The first-order valence-corrected chi connectivity index (χ1v) is 17.0. The molecule has 1 unspecified atom stereocenters. The molecule has 0 aliphatic carbocycles. The van der Waals surface area contributed by atoms with Crippen molar-refractivity contribution >= 4 is 40.3 Å². The minimum atomic E-state index is -1.20. The van der Waals surface area contributed by atoms with Gasteiger partial charge in [-0.1, -0.05) is 30.3 Å². The Morgan fingerprint density at radius 3 is 2.38 bits per heavy atom. The number of hydrogen-bond donors (Lipinski definition) is 2. The standard InChI is InChI=1S/C33H44N2O11S/c1-32(2)42-17-24(44-32)26-27-28(46-33(3,4)45-27)31(43-26)41-16-23(30(38)39-5)35-29(37)22(13-14-47-6)34-25(36)18-40-21-12-11-19-9-7-8-10-20(19)15-21/h7-12,15,22-24,26-28,31H,13-14,16-18H2,1-6H3,(H,34,36)(H,35,37)/t22-,23-,24?,26+,27-,28-,31-/m0/s1. The van der Waals surface area contributed by atoms with Crippen LogP contribution in [0.1, 0.15) is 34.1 Å². The predicted molar refractivity (Wildman–Crippen MR) is 172 cm³/mol. The van der Waals surface area contributed by atoms with Gasteiger partial charge in [0.15, 0.2) is 30.5 Å². The monoisotopic (exact) mass is 676 g/mol. The Morgan fingerprint density at radius 1 is 0.936 bits per heavy atom. The van der Waals surface area contributed by atoms with E-state index in [1.807, 2.05) is 56.5 Å². The average Bonchev–Trinajstić information content (AvgIpc) is 3.68. The summed E-state index contributed by atoms with van der Waals surface area (Å²) in [4.78, 5) is 39.1. The van der Waals surface area contributed by atoms with Crippen LogP contribution in [0.15, 0.2) is 42.5 Å². The topological polar surface area (TPSA) is 149 Å². The van der Waals surface area contributed by atoms with E-state index in [2.05, 4.69) is 10.6 Å². The number of methoxy groups -OCH3 is 1. The van der Waals surface area contributed by atoms with Gasteiger partial charge >= 0.3 is 5.97 Å². The molecule has 2 amide bonds. The zero-order chi connectivity index (χ0) is 33.8. The first kappa shape index (κ1) is 35.3. The average molecular weight is 677 g/mol. The zero-order valence-electron chi connectivity index (χ0n) is 27.5. The molecule has 3 fully saturated rings. The molecule has 0 saturated carbocycles. The molecule has 0 spiro atoms. The van der Waals surface area contributed by atoms with E-state index in [1.54, 1.807) is 19.9 Å². The lowest BCUT2D eigenvalue weighted by molar-refractivity contribution is -0.248. The van der Waals surface area contributed by atoms with Crippen LogP contribution in [0.3, 0.4) is 0 Å². The van der Waals surface area contributed by atoms with Gasteiger partial charge in [-0.3, -0.25) is 9.59 Å². The maximum absolute atomic E-state index is 13.4. The van der Waals surface area contributed by atoms with Crippen molar-refractivity contribution in [3.63, 3.8) is 0 Å². The van der Waals surface area contributed by atoms with Crippen molar-refractivity contribution in [2.24, 2.45) is 0 Å². The molecule has 2 aromatic carbocycles. The fourth-order valence-corrected chi connectivity index (χ4v) is 6.29. The third-order valence-corrected chi connectivity index (χ3v) is 8.67. The van der Waals surface area contributed by atoms with Gasteiger partial charge in [0.1, 0.15) is 36.2 Å². The zero-order valence-corrected chi connectivity index (χ0v) is 28.3. The molecule has 258 valence electrons. The van der Waals surface area contributed by atoms with Crippen LogP contribution in [0.2, 0.25) is 0 Å². The Kier molecular flexibility index (Phi) is 11.3. The highest BCUT2D eigenvalue weighted by Crippen LogP contribution is 2.42. The SMILES string of the molecule is COC(=O)[C@H](CO[C@H]1O[C@H](C2COC(C)(C)O2)[C@@H]2OC(C)(C)O[C@H]12)NC(=O)[C@H](CCSC)NC(=O)COc1ccc2ccccc2c1. The normalized spacial score (nSPS) is 27.1. The van der Waals surface area contributed by atoms with E-state index < -0.39 is 72.1 Å². The van der Waals surface area contributed by atoms with Crippen molar-refractivity contribution in [3.05, 3.63) is 42.5 Å². The van der Waals surface area contributed by atoms with Crippen molar-refractivity contribution < 1.29 is 52.3 Å². The number of nitrogens with one attached hydrogen (secondary N) is 2. The van der Waals surface area contributed by atoms with E-state index in [1.165, 1.54) is 18.9 Å². The molecule has 3 aliphatic heterocycles. The second-order valence-electron chi connectivity index (χ2n) is 12.5. The summed E-state index contributed by atoms with van der Waals surface area (Å²) in [6, 6.07) is 11.2. The molecule has 13 nitrogen and oxygen atoms in total. The number of esters is 1. The van der Waals surface area contributed by atoms with Crippen molar-refractivity contribution in [2.75, 3.05) is 38.9 Å². The van der Waals surface area contributed by atoms with Crippen LogP contribution in [-0.2, 0) is 47.5 Å². The lowest BCUT2D eigenvalue weighted by atomic mass is 10.1. The first-order valence-electron chi connectivity index (χ1n) is 15.6. The van der Waals surface area contributed by atoms with Crippen LogP contribution in [0, 0.1) is 0 Å². The van der Waals surface area contributed by atoms with Gasteiger partial charge in [-0.15, -0.1) is 0 Å². The number of benzene rings is 2. The number of carbonyl (C=O) groups excluding carboxylic acids is 3. The van der Waals surface area contributed by atoms with Gasteiger partial charge < -0.3 is 48.5 Å². The van der Waals surface area contributed by atoms with Gasteiger partial charge in [-0.2, -0.15) is 11.8 Å². The molecule has 3 aliphatic rings. The first-order chi connectivity index (χ1) is 22.4. The Hall–Kier alpha value is -2.98. The minimum absolute atomic E-state index is 0.287. The second kappa shape index (κ2) is 15.1. The van der Waals surface area contributed by atoms with Crippen LogP contribution >= 0.6 is 11.8 Å². The summed E-state index contributed by atoms with van der Waals surface area (Å²) in [6.07, 6.45) is -0.817. The molecule has 0 bridgehead atoms. The van der Waals surface area contributed by atoms with Crippen LogP contribution in [0.4, 0.5) is 0 Å². The minimum Gasteiger partial charge on any atom is -0.484 e. The van der Waals surface area contributed by atoms with Crippen LogP contribution in [-0.4, -0.2) is 111 Å². The molecule has 3 saturated heterocycles. The molecule has 5 rings (SSSR count). The number of hydrogen-bond acceptors (Lipinski definition) is 12. The highest BCUT2D eigenvalue weighted by Gasteiger charge is 2.59. The summed E-state index contributed by atoms with van der Waals surface area (Å²) in [5, 5.41) is 7.44. The molecule has 3 heterocycles. The van der Waals surface area contributed by atoms with Gasteiger partial charge in [0.05, 0.1) is 20.3 Å². The molecule has 14 heteroatoms. The fraction of sp³-hybridized carbons (Fsp3) is 0.606. The van der Waals surface area contributed by atoms with Gasteiger partial charge in [0.2, 0.25) is 5.91 Å². The largest absolute Gasteiger partial charge is 0.484 e. The molecule has 0 radical (unpaired) electrons. The lowest BCUT2D eigenvalue weighted by Crippen LogP contribution is -2.54. The van der Waals surface area contributed by atoms with Gasteiger partial charge in [-0.05, 0) is 69.0 Å². The smallest absolute Gasteiger partial charge is 0.330 e. The van der Waals surface area contributed by atoms with E-state index in [0.717, 1.165) is 10.8 Å². The molecule has 7 atom stereocenters. The maximum atomic E-state index is 13.4. The number of rotatable bonds is 14. The van der Waals surface area contributed by atoms with Crippen molar-refractivity contribution in [1.29, 1.82) is 0 Å². The van der Waals surface area contributed by atoms with E-state index in [-0.39, 0.29) is 13.2 Å². The van der Waals surface area contributed by atoms with Gasteiger partial charge in [-0.25, -0.2) is 4.79 Å². The van der Waals surface area contributed by atoms with E-state index in [0.29, 0.717) is 24.5 Å². The fourth-order valence-electron chi connectivity index (χ4n) is 5.82. The summed E-state index contributed by atoms with van der Waals surface area (Å²) < 4.78 is 46.9. The predicted octanol–water partition coefficient (Wildman–Crippen LogP) is 2.53. The van der Waals surface area contributed by atoms with Crippen molar-refractivity contribution in [2.45, 2.75) is 88.5 Å². The third kappa shape index (κ3) is 8.93. The number of carbonyl (C=O) groups is 3. The summed E-state index contributed by atoms with van der Waals surface area (Å²) in [5.74, 6) is -2.34. The summed E-state index contributed by atoms with van der Waals surface area (Å²) in [7, 11) is 1.21. The van der Waals surface area contributed by atoms with E-state index in [4.69, 9.17) is 37.9 Å². The van der Waals surface area contributed by atoms with Gasteiger partial charge in [0.25, 0.3) is 5.91 Å². The Morgan fingerprint density at radius 2 is 1.68 bits per heavy atom. The molecular formula is C33H44N2O11S. The van der Waals surface area contributed by atoms with E-state index >= 15 is 0 Å². The Balaban J connectivity index is 1.19. The highest BCUT2D eigenvalue weighted by molar-refractivity contribution is 7.98. The van der Waals surface area contributed by atoms with Crippen LogP contribution in [0.5, 0.6) is 5.75 Å². The van der Waals surface area contributed by atoms with Crippen LogP contribution in [0.25, 0.3) is 10.8 Å². The number of fused-ring (bicyclic) bond motifs is 2. The van der Waals surface area contributed by atoms with Gasteiger partial charge in [0, 0.05) is 0 Å². The molecule has 2 N–H and O–H groups in total. The Labute approximate surface area is 278 Å². The lowest BCUT2D eigenvalue weighted by Gasteiger charge is -2.27. The Bertz CT molecular complexity index is 1420. The summed E-state index contributed by atoms with van der Waals surface area (Å²) in [5.41, 5.74) is 0. The number of amides is 2. The highest BCUT2D eigenvalue weighted by atomic mass is 32.2. The summed E-state index contributed by atoms with van der Waals surface area (Å²) in [6.45, 7) is 6.95. The van der Waals surface area contributed by atoms with E-state index in [9.17, 15) is 14.4 Å². The molecule has 47 heavy (non-hydrogen) atoms. The molecular weight excluding hydrogens is 632 g/mol. The molecule has 0 aromatic heterocycles. The summed E-state index contributed by atoms with van der Waals surface area (Å²) >= 11 is 1.52. The maximum Gasteiger partial charge on any atom is 0.330 e. The number of thioether (sulfide) groups is 1. The number of ether oxygens (including phenoxy) is 8. The van der Waals surface area contributed by atoms with Crippen molar-refractivity contribution in [3.8, 4) is 5.75 Å². The molecule has 2 aromatic rings. The van der Waals surface area contributed by atoms with Crippen LogP contribution < -0.4 is 15.4 Å². The second-order valence-corrected chi connectivity index (χ2v) is 13.5.